The van der Waals surface area contributed by atoms with Gasteiger partial charge in [-0.05, 0) is 38.5 Å². The molecule has 0 saturated carbocycles. The lowest BCUT2D eigenvalue weighted by Gasteiger charge is -2.27. The molecule has 43 heavy (non-hydrogen) atoms. The molecule has 4 atom stereocenters. The smallest absolute Gasteiger partial charge is 0.306 e. The van der Waals surface area contributed by atoms with Crippen LogP contribution in [-0.4, -0.2) is 59.8 Å². The van der Waals surface area contributed by atoms with Crippen molar-refractivity contribution in [3.63, 3.8) is 0 Å². The lowest BCUT2D eigenvalue weighted by atomic mass is 10.1. The Morgan fingerprint density at radius 1 is 0.698 bits per heavy atom. The van der Waals surface area contributed by atoms with Gasteiger partial charge < -0.3 is 24.4 Å². The Bertz CT molecular complexity index is 695. The summed E-state index contributed by atoms with van der Waals surface area (Å²) < 4.78 is 16.6. The molecule has 1 rings (SSSR count). The fraction of sp³-hybridized carbons (Fsp3) is 0.889. The third kappa shape index (κ3) is 21.0. The van der Waals surface area contributed by atoms with Gasteiger partial charge in [0.15, 0.2) is 12.2 Å². The van der Waals surface area contributed by atoms with E-state index in [2.05, 4.69) is 26.0 Å². The van der Waals surface area contributed by atoms with Crippen molar-refractivity contribution in [1.82, 2.24) is 0 Å². The Morgan fingerprint density at radius 2 is 1.14 bits per heavy atom. The minimum atomic E-state index is -1.01. The zero-order valence-electron chi connectivity index (χ0n) is 27.8. The molecule has 1 fully saturated rings. The number of carbonyl (C=O) groups excluding carboxylic acids is 2. The van der Waals surface area contributed by atoms with Crippen LogP contribution in [0.1, 0.15) is 168 Å². The zero-order valence-corrected chi connectivity index (χ0v) is 27.8. The molecule has 1 aliphatic heterocycles. The normalized spacial score (nSPS) is 19.2. The summed E-state index contributed by atoms with van der Waals surface area (Å²) >= 11 is 0. The standard InChI is InChI=1S/C36H66O7/c1-3-5-7-9-11-13-14-15-16-17-18-20-22-24-26-28-34(40)43-35-31(38)30-41-36(35)32(29-37)42-33(39)27-25-23-21-19-12-10-8-6-4-2/h15-16,31-32,35-38H,3-14,17-30H2,1-2H3/b16-15-/t31-,32+,35+,36+/m0/s1. The fourth-order valence-corrected chi connectivity index (χ4v) is 5.65. The summed E-state index contributed by atoms with van der Waals surface area (Å²) in [6.45, 7) is 3.99. The monoisotopic (exact) mass is 610 g/mol. The minimum Gasteiger partial charge on any atom is -0.457 e. The van der Waals surface area contributed by atoms with Crippen LogP contribution in [-0.2, 0) is 23.8 Å². The SMILES string of the molecule is CCCCCCCC/C=C\CCCCCCCC(=O)O[C@H]1[C@@H]([C@@H](CO)OC(=O)CCCCCCCCCCC)OC[C@@H]1O. The Morgan fingerprint density at radius 3 is 1.63 bits per heavy atom. The van der Waals surface area contributed by atoms with Crippen LogP contribution in [0.2, 0.25) is 0 Å². The molecule has 0 aromatic rings. The molecule has 252 valence electrons. The van der Waals surface area contributed by atoms with Crippen molar-refractivity contribution in [2.45, 2.75) is 192 Å². The number of hydrogen-bond acceptors (Lipinski definition) is 7. The molecule has 0 radical (unpaired) electrons. The van der Waals surface area contributed by atoms with Gasteiger partial charge in [0.2, 0.25) is 0 Å². The maximum atomic E-state index is 12.5. The van der Waals surface area contributed by atoms with E-state index in [0.717, 1.165) is 51.4 Å². The first kappa shape index (κ1) is 39.6. The minimum absolute atomic E-state index is 0.0255. The van der Waals surface area contributed by atoms with Gasteiger partial charge in [0.25, 0.3) is 0 Å². The molecule has 1 aliphatic rings. The molecule has 0 spiro atoms. The van der Waals surface area contributed by atoms with Gasteiger partial charge in [-0.25, -0.2) is 0 Å². The maximum Gasteiger partial charge on any atom is 0.306 e. The van der Waals surface area contributed by atoms with Crippen molar-refractivity contribution in [2.24, 2.45) is 0 Å². The lowest BCUT2D eigenvalue weighted by Crippen LogP contribution is -2.45. The molecule has 0 aromatic carbocycles. The summed E-state index contributed by atoms with van der Waals surface area (Å²) in [4.78, 5) is 24.9. The van der Waals surface area contributed by atoms with Crippen molar-refractivity contribution in [1.29, 1.82) is 0 Å². The molecule has 1 saturated heterocycles. The summed E-state index contributed by atoms with van der Waals surface area (Å²) in [5.74, 6) is -0.791. The van der Waals surface area contributed by atoms with E-state index >= 15 is 0 Å². The van der Waals surface area contributed by atoms with Gasteiger partial charge in [-0.3, -0.25) is 9.59 Å². The molecule has 0 aromatic heterocycles. The number of unbranched alkanes of at least 4 members (excludes halogenated alkanes) is 19. The highest BCUT2D eigenvalue weighted by Crippen LogP contribution is 2.24. The summed E-state index contributed by atoms with van der Waals surface area (Å²) in [6.07, 6.45) is 27.2. The predicted octanol–water partition coefficient (Wildman–Crippen LogP) is 8.52. The molecule has 7 heteroatoms. The fourth-order valence-electron chi connectivity index (χ4n) is 5.65. The summed E-state index contributed by atoms with van der Waals surface area (Å²) in [7, 11) is 0. The van der Waals surface area contributed by atoms with E-state index in [0.29, 0.717) is 0 Å². The third-order valence-electron chi connectivity index (χ3n) is 8.39. The van der Waals surface area contributed by atoms with Crippen molar-refractivity contribution >= 4 is 11.9 Å². The second kappa shape index (κ2) is 28.1. The van der Waals surface area contributed by atoms with Gasteiger partial charge in [0, 0.05) is 12.8 Å². The second-order valence-electron chi connectivity index (χ2n) is 12.4. The van der Waals surface area contributed by atoms with Gasteiger partial charge in [0.1, 0.15) is 12.2 Å². The number of esters is 2. The Labute approximate surface area is 263 Å². The van der Waals surface area contributed by atoms with E-state index in [1.807, 2.05) is 0 Å². The topological polar surface area (TPSA) is 102 Å². The first-order valence-electron chi connectivity index (χ1n) is 18.0. The number of carbonyl (C=O) groups is 2. The van der Waals surface area contributed by atoms with Crippen LogP contribution in [0.4, 0.5) is 0 Å². The largest absolute Gasteiger partial charge is 0.457 e. The van der Waals surface area contributed by atoms with Crippen LogP contribution in [0, 0.1) is 0 Å². The molecule has 0 unspecified atom stereocenters. The Hall–Kier alpha value is -1.44. The van der Waals surface area contributed by atoms with Crippen LogP contribution < -0.4 is 0 Å². The Balaban J connectivity index is 2.16. The summed E-state index contributed by atoms with van der Waals surface area (Å²) in [6, 6.07) is 0. The van der Waals surface area contributed by atoms with Gasteiger partial charge in [0.05, 0.1) is 13.2 Å². The number of rotatable bonds is 29. The van der Waals surface area contributed by atoms with Gasteiger partial charge in [-0.15, -0.1) is 0 Å². The van der Waals surface area contributed by atoms with Crippen LogP contribution in [0.25, 0.3) is 0 Å². The number of allylic oxidation sites excluding steroid dienone is 2. The van der Waals surface area contributed by atoms with E-state index in [-0.39, 0.29) is 19.4 Å². The molecule has 0 bridgehead atoms. The van der Waals surface area contributed by atoms with Gasteiger partial charge >= 0.3 is 11.9 Å². The molecule has 0 amide bonds. The Kier molecular flexibility index (Phi) is 25.8. The zero-order chi connectivity index (χ0) is 31.4. The highest BCUT2D eigenvalue weighted by atomic mass is 16.6. The molecule has 2 N–H and O–H groups in total. The summed E-state index contributed by atoms with van der Waals surface area (Å²) in [5, 5.41) is 20.2. The number of aliphatic hydroxyl groups is 2. The highest BCUT2D eigenvalue weighted by Gasteiger charge is 2.45. The van der Waals surface area contributed by atoms with E-state index in [9.17, 15) is 19.8 Å². The second-order valence-corrected chi connectivity index (χ2v) is 12.4. The average Bonchev–Trinajstić information content (AvgIpc) is 3.36. The first-order chi connectivity index (χ1) is 21.0. The molecular weight excluding hydrogens is 544 g/mol. The van der Waals surface area contributed by atoms with Gasteiger partial charge in [-0.1, -0.05) is 129 Å². The van der Waals surface area contributed by atoms with E-state index in [1.54, 1.807) is 0 Å². The first-order valence-corrected chi connectivity index (χ1v) is 18.0. The average molecular weight is 611 g/mol. The van der Waals surface area contributed by atoms with E-state index < -0.39 is 43.0 Å². The maximum absolute atomic E-state index is 12.5. The lowest BCUT2D eigenvalue weighted by molar-refractivity contribution is -0.171. The number of aliphatic hydroxyl groups excluding tert-OH is 2. The van der Waals surface area contributed by atoms with Crippen molar-refractivity contribution in [2.75, 3.05) is 13.2 Å². The van der Waals surface area contributed by atoms with E-state index in [1.165, 1.54) is 89.9 Å². The molecule has 0 aliphatic carbocycles. The van der Waals surface area contributed by atoms with Crippen LogP contribution in [0.15, 0.2) is 12.2 Å². The number of hydrogen-bond donors (Lipinski definition) is 2. The quantitative estimate of drug-likeness (QED) is 0.0497. The molecule has 7 nitrogen and oxygen atoms in total. The molecule has 1 heterocycles. The predicted molar refractivity (Wildman–Crippen MR) is 174 cm³/mol. The van der Waals surface area contributed by atoms with Crippen LogP contribution in [0.5, 0.6) is 0 Å². The van der Waals surface area contributed by atoms with Crippen LogP contribution >= 0.6 is 0 Å². The number of ether oxygens (including phenoxy) is 3. The molecular formula is C36H66O7. The third-order valence-corrected chi connectivity index (χ3v) is 8.39. The van der Waals surface area contributed by atoms with Gasteiger partial charge in [-0.2, -0.15) is 0 Å². The summed E-state index contributed by atoms with van der Waals surface area (Å²) in [5.41, 5.74) is 0. The van der Waals surface area contributed by atoms with Crippen molar-refractivity contribution in [3.8, 4) is 0 Å². The highest BCUT2D eigenvalue weighted by molar-refractivity contribution is 5.70. The van der Waals surface area contributed by atoms with Crippen molar-refractivity contribution in [3.05, 3.63) is 12.2 Å². The van der Waals surface area contributed by atoms with Crippen molar-refractivity contribution < 1.29 is 34.0 Å². The van der Waals surface area contributed by atoms with E-state index in [4.69, 9.17) is 14.2 Å². The van der Waals surface area contributed by atoms with Crippen LogP contribution in [0.3, 0.4) is 0 Å².